The number of amides is 5. The summed E-state index contributed by atoms with van der Waals surface area (Å²) in [5.41, 5.74) is 0.643. The van der Waals surface area contributed by atoms with E-state index in [-0.39, 0.29) is 29.9 Å². The van der Waals surface area contributed by atoms with Crippen molar-refractivity contribution in [3.63, 3.8) is 0 Å². The molecule has 2 saturated heterocycles. The molecule has 0 bridgehead atoms. The van der Waals surface area contributed by atoms with E-state index in [9.17, 15) is 19.6 Å². The van der Waals surface area contributed by atoms with Crippen molar-refractivity contribution in [1.82, 2.24) is 14.7 Å². The second-order valence-corrected chi connectivity index (χ2v) is 13.5. The van der Waals surface area contributed by atoms with Gasteiger partial charge in [-0.2, -0.15) is 0 Å². The van der Waals surface area contributed by atoms with Crippen LogP contribution in [0.5, 0.6) is 0 Å². The van der Waals surface area contributed by atoms with E-state index < -0.39 is 4.65 Å². The smallest absolute Gasteiger partial charge is 0.419 e. The van der Waals surface area contributed by atoms with Crippen LogP contribution in [0.1, 0.15) is 138 Å². The molecule has 1 atom stereocenters. The van der Waals surface area contributed by atoms with E-state index in [1.54, 1.807) is 16.7 Å². The first-order valence-corrected chi connectivity index (χ1v) is 18.1. The van der Waals surface area contributed by atoms with Gasteiger partial charge in [0.1, 0.15) is 13.1 Å². The van der Waals surface area contributed by atoms with Crippen LogP contribution in [0.3, 0.4) is 0 Å². The summed E-state index contributed by atoms with van der Waals surface area (Å²) in [6.45, 7) is 17.9. The van der Waals surface area contributed by atoms with Gasteiger partial charge in [-0.3, -0.25) is 19.2 Å². The van der Waals surface area contributed by atoms with Crippen LogP contribution in [0, 0.1) is 16.0 Å². The minimum Gasteiger partial charge on any atom is -0.624 e. The van der Waals surface area contributed by atoms with Gasteiger partial charge in [-0.05, 0) is 76.0 Å². The van der Waals surface area contributed by atoms with Crippen molar-refractivity contribution in [3.8, 4) is 0 Å². The first kappa shape index (κ1) is 38.5. The average Bonchev–Trinajstić information content (AvgIpc) is 3.49. The van der Waals surface area contributed by atoms with Crippen LogP contribution in [-0.2, 0) is 9.53 Å². The van der Waals surface area contributed by atoms with Crippen molar-refractivity contribution in [3.05, 3.63) is 5.21 Å². The number of hydrogen-bond donors (Lipinski definition) is 0. The lowest BCUT2D eigenvalue weighted by molar-refractivity contribution is -0.787. The number of imide groups is 1. The standard InChI is InChI=1S/C35H66N4O5/c1-7-34(8-2,20-13-16-24-37-26-27-39(43,12-6)33(37)42)21-14-17-28-44-29-18-15-22-35(9-3,10-4)23-19-25-38-31(40)30-36(11-5)32(38)41/h7-30H2,1-6H3. The van der Waals surface area contributed by atoms with Crippen molar-refractivity contribution < 1.29 is 23.8 Å². The van der Waals surface area contributed by atoms with E-state index in [1.165, 1.54) is 43.4 Å². The highest BCUT2D eigenvalue weighted by Crippen LogP contribution is 2.39. The maximum atomic E-state index is 12.4. The molecule has 2 fully saturated rings. The van der Waals surface area contributed by atoms with Gasteiger partial charge in [-0.1, -0.05) is 72.6 Å². The van der Waals surface area contributed by atoms with Gasteiger partial charge in [0.2, 0.25) is 5.91 Å². The van der Waals surface area contributed by atoms with Crippen LogP contribution in [0.25, 0.3) is 0 Å². The first-order chi connectivity index (χ1) is 21.1. The number of quaternary nitrogens is 1. The molecule has 0 aromatic carbocycles. The molecule has 2 aliphatic rings. The molecule has 0 aliphatic carbocycles. The van der Waals surface area contributed by atoms with Crippen LogP contribution in [0.4, 0.5) is 9.59 Å². The van der Waals surface area contributed by atoms with Gasteiger partial charge < -0.3 is 14.8 Å². The Kier molecular flexibility index (Phi) is 16.7. The number of unbranched alkanes of at least 4 members (excludes halogenated alkanes) is 3. The first-order valence-electron chi connectivity index (χ1n) is 18.1. The molecule has 0 N–H and O–H groups in total. The molecule has 0 spiro atoms. The summed E-state index contributed by atoms with van der Waals surface area (Å²) in [5, 5.41) is 12.4. The molecule has 0 saturated carbocycles. The maximum absolute atomic E-state index is 12.4. The highest BCUT2D eigenvalue weighted by molar-refractivity contribution is 6.01. The fraction of sp³-hybridized carbons (Fsp3) is 0.914. The Balaban J connectivity index is 1.58. The van der Waals surface area contributed by atoms with E-state index in [4.69, 9.17) is 4.74 Å². The van der Waals surface area contributed by atoms with Gasteiger partial charge >= 0.3 is 12.1 Å². The van der Waals surface area contributed by atoms with Gasteiger partial charge in [0.25, 0.3) is 0 Å². The zero-order valence-electron chi connectivity index (χ0n) is 29.3. The summed E-state index contributed by atoms with van der Waals surface area (Å²) < 4.78 is 5.35. The Morgan fingerprint density at radius 2 is 1.23 bits per heavy atom. The molecule has 0 radical (unpaired) electrons. The molecule has 1 unspecified atom stereocenters. The average molecular weight is 623 g/mol. The van der Waals surface area contributed by atoms with Gasteiger partial charge in [0, 0.05) is 32.8 Å². The summed E-state index contributed by atoms with van der Waals surface area (Å²) in [5.74, 6) is -0.0564. The highest BCUT2D eigenvalue weighted by atomic mass is 16.6. The number of hydrogen-bond acceptors (Lipinski definition) is 5. The number of carbonyl (C=O) groups excluding carboxylic acids is 3. The fourth-order valence-electron chi connectivity index (χ4n) is 7.38. The van der Waals surface area contributed by atoms with Crippen molar-refractivity contribution in [2.75, 3.05) is 59.0 Å². The van der Waals surface area contributed by atoms with Crippen LogP contribution in [0.2, 0.25) is 0 Å². The molecule has 256 valence electrons. The Hall–Kier alpha value is -1.71. The number of likely N-dealkylation sites (N-methyl/N-ethyl adjacent to an activating group) is 2. The number of urea groups is 2. The Bertz CT molecular complexity index is 875. The minimum atomic E-state index is -0.681. The van der Waals surface area contributed by atoms with Gasteiger partial charge in [-0.25, -0.2) is 9.59 Å². The zero-order valence-corrected chi connectivity index (χ0v) is 29.3. The summed E-state index contributed by atoms with van der Waals surface area (Å²) in [7, 11) is 0. The van der Waals surface area contributed by atoms with Crippen molar-refractivity contribution in [2.24, 2.45) is 10.8 Å². The zero-order chi connectivity index (χ0) is 32.6. The summed E-state index contributed by atoms with van der Waals surface area (Å²) in [6.07, 6.45) is 16.7. The van der Waals surface area contributed by atoms with Crippen molar-refractivity contribution in [1.29, 1.82) is 0 Å². The fourth-order valence-corrected chi connectivity index (χ4v) is 7.38. The third kappa shape index (κ3) is 10.7. The van der Waals surface area contributed by atoms with E-state index in [2.05, 4.69) is 27.7 Å². The van der Waals surface area contributed by atoms with Crippen LogP contribution in [-0.4, -0.2) is 96.3 Å². The van der Waals surface area contributed by atoms with E-state index >= 15 is 0 Å². The SMILES string of the molecule is CCN1CC(=O)N(CCCC(CC)(CC)CCCCOCCCCC(CC)(CC)CCCCN2CC[N+]([O-])(CC)C2=O)C1=O. The maximum Gasteiger partial charge on any atom is 0.419 e. The third-order valence-electron chi connectivity index (χ3n) is 11.3. The molecule has 2 aliphatic heterocycles. The molecule has 0 aromatic rings. The van der Waals surface area contributed by atoms with E-state index in [0.717, 1.165) is 71.0 Å². The Morgan fingerprint density at radius 1 is 0.705 bits per heavy atom. The van der Waals surface area contributed by atoms with Crippen molar-refractivity contribution >= 4 is 18.0 Å². The quantitative estimate of drug-likeness (QED) is 0.0446. The molecular weight excluding hydrogens is 556 g/mol. The summed E-state index contributed by atoms with van der Waals surface area (Å²) in [4.78, 5) is 41.8. The highest BCUT2D eigenvalue weighted by Gasteiger charge is 2.38. The van der Waals surface area contributed by atoms with Gasteiger partial charge in [-0.15, -0.1) is 0 Å². The molecule has 9 nitrogen and oxygen atoms in total. The minimum absolute atomic E-state index is 0.0564. The van der Waals surface area contributed by atoms with Crippen LogP contribution in [0.15, 0.2) is 0 Å². The van der Waals surface area contributed by atoms with E-state index in [1.807, 2.05) is 6.92 Å². The second-order valence-electron chi connectivity index (χ2n) is 13.5. The largest absolute Gasteiger partial charge is 0.624 e. The number of nitrogens with zero attached hydrogens (tertiary/aromatic N) is 4. The Labute approximate surface area is 269 Å². The molecule has 2 rings (SSSR count). The third-order valence-corrected chi connectivity index (χ3v) is 11.3. The van der Waals surface area contributed by atoms with E-state index in [0.29, 0.717) is 44.7 Å². The summed E-state index contributed by atoms with van der Waals surface area (Å²) >= 11 is 0. The predicted octanol–water partition coefficient (Wildman–Crippen LogP) is 7.96. The topological polar surface area (TPSA) is 93.2 Å². The number of ether oxygens (including phenoxy) is 1. The second kappa shape index (κ2) is 19.1. The van der Waals surface area contributed by atoms with Crippen LogP contribution >= 0.6 is 0 Å². The molecule has 2 heterocycles. The number of rotatable bonds is 25. The predicted molar refractivity (Wildman–Crippen MR) is 178 cm³/mol. The molecular formula is C35H66N4O5. The lowest BCUT2D eigenvalue weighted by Gasteiger charge is -2.33. The molecule has 9 heteroatoms. The molecule has 0 aromatic heterocycles. The monoisotopic (exact) mass is 623 g/mol. The van der Waals surface area contributed by atoms with Gasteiger partial charge in [0.15, 0.2) is 0 Å². The van der Waals surface area contributed by atoms with Gasteiger partial charge in [0.05, 0.1) is 13.1 Å². The summed E-state index contributed by atoms with van der Waals surface area (Å²) in [6, 6.07) is -0.367. The lowest BCUT2D eigenvalue weighted by atomic mass is 9.74. The van der Waals surface area contributed by atoms with Crippen molar-refractivity contribution in [2.45, 2.75) is 138 Å². The lowest BCUT2D eigenvalue weighted by Crippen LogP contribution is -2.45. The normalized spacial score (nSPS) is 19.7. The number of hydroxylamine groups is 3. The number of carbonyl (C=O) groups is 3. The Morgan fingerprint density at radius 3 is 1.68 bits per heavy atom. The van der Waals surface area contributed by atoms with Crippen LogP contribution < -0.4 is 0 Å². The molecule has 44 heavy (non-hydrogen) atoms. The molecule has 5 amide bonds.